The smallest absolute Gasteiger partial charge is 0.203 e. The summed E-state index contributed by atoms with van der Waals surface area (Å²) in [6.07, 6.45) is 4.93. The highest BCUT2D eigenvalue weighted by Crippen LogP contribution is 2.09. The van der Waals surface area contributed by atoms with E-state index in [-0.39, 0.29) is 0 Å². The van der Waals surface area contributed by atoms with Gasteiger partial charge in [-0.25, -0.2) is 4.98 Å². The fraction of sp³-hybridized carbons (Fsp3) is 0.467. The van der Waals surface area contributed by atoms with Crippen LogP contribution in [0, 0.1) is 20.8 Å². The standard InChI is InChI=1S/C15H23N5/c1-5-8-19-11-13(3)17-15(19)16-7-6-9-20-14(4)10-12(2)18-20/h5,10-11H,1,6-9H2,2-4H3,(H,16,17). The molecule has 2 aromatic rings. The number of anilines is 1. The van der Waals surface area contributed by atoms with E-state index in [1.807, 2.05) is 26.1 Å². The molecule has 0 aliphatic carbocycles. The van der Waals surface area contributed by atoms with Crippen LogP contribution < -0.4 is 5.32 Å². The molecule has 20 heavy (non-hydrogen) atoms. The number of nitrogens with zero attached hydrogens (tertiary/aromatic N) is 4. The average Bonchev–Trinajstić information content (AvgIpc) is 2.88. The van der Waals surface area contributed by atoms with E-state index >= 15 is 0 Å². The molecule has 0 saturated carbocycles. The van der Waals surface area contributed by atoms with Crippen molar-refractivity contribution >= 4 is 5.95 Å². The molecule has 0 aliphatic heterocycles. The van der Waals surface area contributed by atoms with E-state index in [1.165, 1.54) is 5.69 Å². The third-order valence-corrected chi connectivity index (χ3v) is 3.16. The first-order valence-electron chi connectivity index (χ1n) is 6.99. The molecule has 108 valence electrons. The first-order valence-corrected chi connectivity index (χ1v) is 6.99. The largest absolute Gasteiger partial charge is 0.356 e. The Balaban J connectivity index is 1.84. The van der Waals surface area contributed by atoms with Gasteiger partial charge in [0.1, 0.15) is 0 Å². The molecule has 0 bridgehead atoms. The molecule has 0 saturated heterocycles. The van der Waals surface area contributed by atoms with Crippen molar-refractivity contribution in [2.75, 3.05) is 11.9 Å². The number of allylic oxidation sites excluding steroid dienone is 1. The Morgan fingerprint density at radius 3 is 2.75 bits per heavy atom. The van der Waals surface area contributed by atoms with Gasteiger partial charge in [0.2, 0.25) is 5.95 Å². The van der Waals surface area contributed by atoms with Crippen molar-refractivity contribution in [3.8, 4) is 0 Å². The predicted molar refractivity (Wildman–Crippen MR) is 82.0 cm³/mol. The Kier molecular flexibility index (Phi) is 4.61. The third-order valence-electron chi connectivity index (χ3n) is 3.16. The summed E-state index contributed by atoms with van der Waals surface area (Å²) in [7, 11) is 0. The molecule has 2 aromatic heterocycles. The average molecular weight is 273 g/mol. The number of nitrogens with one attached hydrogen (secondary N) is 1. The SMILES string of the molecule is C=CCn1cc(C)nc1NCCCn1nc(C)cc1C. The van der Waals surface area contributed by atoms with Gasteiger partial charge in [-0.15, -0.1) is 6.58 Å². The van der Waals surface area contributed by atoms with Gasteiger partial charge in [-0.1, -0.05) is 6.08 Å². The summed E-state index contributed by atoms with van der Waals surface area (Å²) in [4.78, 5) is 4.48. The first kappa shape index (κ1) is 14.4. The second-order valence-electron chi connectivity index (χ2n) is 5.08. The Morgan fingerprint density at radius 1 is 1.30 bits per heavy atom. The molecule has 0 aliphatic rings. The molecule has 2 rings (SSSR count). The molecule has 0 radical (unpaired) electrons. The van der Waals surface area contributed by atoms with Crippen LogP contribution >= 0.6 is 0 Å². The second kappa shape index (κ2) is 6.41. The van der Waals surface area contributed by atoms with Crippen molar-refractivity contribution in [2.45, 2.75) is 40.3 Å². The molecular weight excluding hydrogens is 250 g/mol. The zero-order valence-electron chi connectivity index (χ0n) is 12.6. The van der Waals surface area contributed by atoms with Crippen molar-refractivity contribution in [1.29, 1.82) is 0 Å². The minimum absolute atomic E-state index is 0.778. The molecule has 0 unspecified atom stereocenters. The van der Waals surface area contributed by atoms with Gasteiger partial charge in [-0.3, -0.25) is 4.68 Å². The van der Waals surface area contributed by atoms with E-state index in [0.29, 0.717) is 0 Å². The van der Waals surface area contributed by atoms with Crippen molar-refractivity contribution in [2.24, 2.45) is 0 Å². The van der Waals surface area contributed by atoms with Crippen molar-refractivity contribution in [3.63, 3.8) is 0 Å². The third kappa shape index (κ3) is 3.50. The van der Waals surface area contributed by atoms with E-state index in [9.17, 15) is 0 Å². The van der Waals surface area contributed by atoms with Gasteiger partial charge >= 0.3 is 0 Å². The normalized spacial score (nSPS) is 10.8. The van der Waals surface area contributed by atoms with Crippen LogP contribution in [-0.2, 0) is 13.1 Å². The summed E-state index contributed by atoms with van der Waals surface area (Å²) >= 11 is 0. The van der Waals surface area contributed by atoms with E-state index in [0.717, 1.165) is 43.4 Å². The van der Waals surface area contributed by atoms with Crippen molar-refractivity contribution in [3.05, 3.63) is 42.0 Å². The summed E-state index contributed by atoms with van der Waals surface area (Å²) in [5.74, 6) is 0.913. The minimum atomic E-state index is 0.778. The summed E-state index contributed by atoms with van der Waals surface area (Å²) in [5, 5.41) is 7.84. The van der Waals surface area contributed by atoms with E-state index < -0.39 is 0 Å². The number of hydrogen-bond acceptors (Lipinski definition) is 3. The zero-order chi connectivity index (χ0) is 14.5. The van der Waals surface area contributed by atoms with Gasteiger partial charge in [0, 0.05) is 31.5 Å². The maximum Gasteiger partial charge on any atom is 0.203 e. The Labute approximate surface area is 120 Å². The van der Waals surface area contributed by atoms with Gasteiger partial charge in [0.25, 0.3) is 0 Å². The van der Waals surface area contributed by atoms with Gasteiger partial charge in [0.15, 0.2) is 0 Å². The first-order chi connectivity index (χ1) is 9.60. The van der Waals surface area contributed by atoms with Crippen LogP contribution in [0.15, 0.2) is 24.9 Å². The molecular formula is C15H23N5. The molecule has 1 N–H and O–H groups in total. The van der Waals surface area contributed by atoms with Gasteiger partial charge < -0.3 is 9.88 Å². The monoisotopic (exact) mass is 273 g/mol. The molecule has 5 nitrogen and oxygen atoms in total. The lowest BCUT2D eigenvalue weighted by Gasteiger charge is -2.08. The van der Waals surface area contributed by atoms with Crippen LogP contribution in [0.25, 0.3) is 0 Å². The lowest BCUT2D eigenvalue weighted by molar-refractivity contribution is 0.572. The Hall–Kier alpha value is -2.04. The second-order valence-corrected chi connectivity index (χ2v) is 5.08. The van der Waals surface area contributed by atoms with E-state index in [1.54, 1.807) is 0 Å². The highest BCUT2D eigenvalue weighted by atomic mass is 15.3. The van der Waals surface area contributed by atoms with Crippen LogP contribution in [-0.4, -0.2) is 25.9 Å². The molecule has 0 spiro atoms. The van der Waals surface area contributed by atoms with E-state index in [4.69, 9.17) is 0 Å². The van der Waals surface area contributed by atoms with Crippen LogP contribution in [0.3, 0.4) is 0 Å². The van der Waals surface area contributed by atoms with Crippen LogP contribution in [0.1, 0.15) is 23.5 Å². The molecule has 5 heteroatoms. The summed E-state index contributed by atoms with van der Waals surface area (Å²) in [5.41, 5.74) is 3.31. The lowest BCUT2D eigenvalue weighted by atomic mass is 10.4. The maximum absolute atomic E-state index is 4.48. The number of aryl methyl sites for hydroxylation is 4. The molecule has 0 amide bonds. The summed E-state index contributed by atoms with van der Waals surface area (Å²) in [6, 6.07) is 2.10. The fourth-order valence-corrected chi connectivity index (χ4v) is 2.30. The van der Waals surface area contributed by atoms with Crippen LogP contribution in [0.5, 0.6) is 0 Å². The number of hydrogen-bond donors (Lipinski definition) is 1. The lowest BCUT2D eigenvalue weighted by Crippen LogP contribution is -2.12. The Morgan fingerprint density at radius 2 is 2.10 bits per heavy atom. The summed E-state index contributed by atoms with van der Waals surface area (Å²) < 4.78 is 4.13. The summed E-state index contributed by atoms with van der Waals surface area (Å²) in [6.45, 7) is 12.5. The van der Waals surface area contributed by atoms with Crippen LogP contribution in [0.2, 0.25) is 0 Å². The Bertz CT molecular complexity index is 579. The molecule has 0 atom stereocenters. The molecule has 0 fully saturated rings. The predicted octanol–water partition coefficient (Wildman–Crippen LogP) is 2.69. The number of rotatable bonds is 7. The van der Waals surface area contributed by atoms with Crippen LogP contribution in [0.4, 0.5) is 5.95 Å². The zero-order valence-corrected chi connectivity index (χ0v) is 12.6. The van der Waals surface area contributed by atoms with Gasteiger partial charge in [-0.2, -0.15) is 5.10 Å². The fourth-order valence-electron chi connectivity index (χ4n) is 2.30. The molecule has 2 heterocycles. The topological polar surface area (TPSA) is 47.7 Å². The van der Waals surface area contributed by atoms with Crippen molar-refractivity contribution < 1.29 is 0 Å². The number of imidazole rings is 1. The van der Waals surface area contributed by atoms with Gasteiger partial charge in [-0.05, 0) is 33.3 Å². The maximum atomic E-state index is 4.48. The van der Waals surface area contributed by atoms with Crippen molar-refractivity contribution in [1.82, 2.24) is 19.3 Å². The minimum Gasteiger partial charge on any atom is -0.356 e. The van der Waals surface area contributed by atoms with E-state index in [2.05, 4.69) is 44.2 Å². The highest BCUT2D eigenvalue weighted by molar-refractivity contribution is 5.28. The highest BCUT2D eigenvalue weighted by Gasteiger charge is 2.04. The quantitative estimate of drug-likeness (QED) is 0.623. The number of aromatic nitrogens is 4. The molecule has 0 aromatic carbocycles. The van der Waals surface area contributed by atoms with Gasteiger partial charge in [0.05, 0.1) is 11.4 Å².